The van der Waals surface area contributed by atoms with Crippen molar-refractivity contribution in [3.63, 3.8) is 0 Å². The minimum Gasteiger partial charge on any atom is -0.476 e. The third-order valence-corrected chi connectivity index (χ3v) is 7.84. The van der Waals surface area contributed by atoms with E-state index in [9.17, 15) is 13.2 Å². The fraction of sp³-hybridized carbons (Fsp3) is 0.692. The number of aromatic carboxylic acids is 1. The number of hydrogen-bond acceptors (Lipinski definition) is 5. The Hall–Kier alpha value is -0.990. The first-order valence-corrected chi connectivity index (χ1v) is 9.35. The van der Waals surface area contributed by atoms with Crippen molar-refractivity contribution in [3.8, 4) is 0 Å². The lowest BCUT2D eigenvalue weighted by molar-refractivity contribution is 0.0686. The summed E-state index contributed by atoms with van der Waals surface area (Å²) in [5.74, 6) is -1.30. The second kappa shape index (κ2) is 6.02. The molecule has 2 heterocycles. The van der Waals surface area contributed by atoms with Gasteiger partial charge in [-0.25, -0.2) is 18.2 Å². The predicted molar refractivity (Wildman–Crippen MR) is 80.1 cm³/mol. The van der Waals surface area contributed by atoms with E-state index in [-0.39, 0.29) is 15.3 Å². The molecule has 0 amide bonds. The SMILES string of the molecule is CCC1(CC)CCN(S(=O)(=O)c2scnc2C(=O)O)CC1. The molecule has 1 aromatic heterocycles. The first-order valence-electron chi connectivity index (χ1n) is 7.03. The molecule has 6 nitrogen and oxygen atoms in total. The molecule has 1 N–H and O–H groups in total. The second-order valence-corrected chi connectivity index (χ2v) is 8.39. The van der Waals surface area contributed by atoms with E-state index in [4.69, 9.17) is 5.11 Å². The third kappa shape index (κ3) is 2.97. The van der Waals surface area contributed by atoms with E-state index >= 15 is 0 Å². The minimum absolute atomic E-state index is 0.157. The predicted octanol–water partition coefficient (Wildman–Crippen LogP) is 2.43. The number of piperidine rings is 1. The van der Waals surface area contributed by atoms with Gasteiger partial charge >= 0.3 is 5.97 Å². The molecule has 0 aromatic carbocycles. The summed E-state index contributed by atoms with van der Waals surface area (Å²) in [5, 5.41) is 9.04. The van der Waals surface area contributed by atoms with Crippen molar-refractivity contribution in [1.29, 1.82) is 0 Å². The topological polar surface area (TPSA) is 87.6 Å². The molecule has 0 unspecified atom stereocenters. The van der Waals surface area contributed by atoms with Crippen molar-refractivity contribution in [1.82, 2.24) is 9.29 Å². The first-order chi connectivity index (χ1) is 9.86. The van der Waals surface area contributed by atoms with Crippen LogP contribution in [0.5, 0.6) is 0 Å². The van der Waals surface area contributed by atoms with Crippen LogP contribution in [0.4, 0.5) is 0 Å². The van der Waals surface area contributed by atoms with Crippen molar-refractivity contribution >= 4 is 27.3 Å². The van der Waals surface area contributed by atoms with Gasteiger partial charge in [-0.2, -0.15) is 4.31 Å². The Labute approximate surface area is 128 Å². The fourth-order valence-corrected chi connectivity index (χ4v) is 5.56. The maximum atomic E-state index is 12.6. The zero-order chi connectivity index (χ0) is 15.7. The quantitative estimate of drug-likeness (QED) is 0.894. The van der Waals surface area contributed by atoms with Gasteiger partial charge in [0.2, 0.25) is 0 Å². The number of thiazole rings is 1. The molecule has 0 saturated carbocycles. The maximum absolute atomic E-state index is 12.6. The molecule has 2 rings (SSSR count). The van der Waals surface area contributed by atoms with E-state index in [2.05, 4.69) is 18.8 Å². The van der Waals surface area contributed by atoms with Gasteiger partial charge in [0.1, 0.15) is 0 Å². The van der Waals surface area contributed by atoms with Crippen LogP contribution in [0, 0.1) is 5.41 Å². The lowest BCUT2D eigenvalue weighted by Gasteiger charge is -2.40. The molecule has 1 aliphatic rings. The molecule has 0 bridgehead atoms. The van der Waals surface area contributed by atoms with Crippen molar-refractivity contribution in [2.45, 2.75) is 43.7 Å². The van der Waals surface area contributed by atoms with E-state index in [1.807, 2.05) is 0 Å². The molecule has 1 saturated heterocycles. The lowest BCUT2D eigenvalue weighted by Crippen LogP contribution is -2.42. The van der Waals surface area contributed by atoms with Gasteiger partial charge in [0.05, 0.1) is 5.51 Å². The van der Waals surface area contributed by atoms with Crippen LogP contribution >= 0.6 is 11.3 Å². The highest BCUT2D eigenvalue weighted by Crippen LogP contribution is 2.39. The molecule has 0 spiro atoms. The number of hydrogen-bond donors (Lipinski definition) is 1. The van der Waals surface area contributed by atoms with Crippen LogP contribution in [0.25, 0.3) is 0 Å². The van der Waals surface area contributed by atoms with Gasteiger partial charge in [0, 0.05) is 13.1 Å². The average molecular weight is 332 g/mol. The van der Waals surface area contributed by atoms with E-state index in [0.717, 1.165) is 37.0 Å². The van der Waals surface area contributed by atoms with Crippen LogP contribution in [-0.2, 0) is 10.0 Å². The van der Waals surface area contributed by atoms with Gasteiger partial charge in [0.15, 0.2) is 9.90 Å². The Morgan fingerprint density at radius 3 is 2.43 bits per heavy atom. The number of aromatic nitrogens is 1. The Balaban J connectivity index is 2.23. The lowest BCUT2D eigenvalue weighted by atomic mass is 9.75. The Kier molecular flexibility index (Phi) is 4.69. The Morgan fingerprint density at radius 2 is 1.95 bits per heavy atom. The fourth-order valence-electron chi connectivity index (χ4n) is 2.84. The number of carboxylic acids is 1. The first kappa shape index (κ1) is 16.4. The summed E-state index contributed by atoms with van der Waals surface area (Å²) < 4.78 is 26.4. The van der Waals surface area contributed by atoms with Gasteiger partial charge in [-0.15, -0.1) is 11.3 Å². The van der Waals surface area contributed by atoms with Crippen molar-refractivity contribution in [3.05, 3.63) is 11.2 Å². The van der Waals surface area contributed by atoms with Crippen LogP contribution in [-0.4, -0.2) is 41.9 Å². The largest absolute Gasteiger partial charge is 0.476 e. The monoisotopic (exact) mass is 332 g/mol. The number of sulfonamides is 1. The highest BCUT2D eigenvalue weighted by molar-refractivity contribution is 7.91. The summed E-state index contributed by atoms with van der Waals surface area (Å²) in [6, 6.07) is 0. The van der Waals surface area contributed by atoms with Gasteiger partial charge in [0.25, 0.3) is 10.0 Å². The van der Waals surface area contributed by atoms with E-state index in [1.54, 1.807) is 0 Å². The zero-order valence-electron chi connectivity index (χ0n) is 12.2. The number of carboxylic acid groups (broad SMARTS) is 1. The molecule has 118 valence electrons. The van der Waals surface area contributed by atoms with Crippen LogP contribution < -0.4 is 0 Å². The molecular formula is C13H20N2O4S2. The number of nitrogens with zero attached hydrogens (tertiary/aromatic N) is 2. The summed E-state index contributed by atoms with van der Waals surface area (Å²) in [4.78, 5) is 14.7. The van der Waals surface area contributed by atoms with Gasteiger partial charge in [-0.1, -0.05) is 26.7 Å². The highest BCUT2D eigenvalue weighted by atomic mass is 32.2. The molecule has 0 atom stereocenters. The summed E-state index contributed by atoms with van der Waals surface area (Å²) in [6.07, 6.45) is 3.72. The Morgan fingerprint density at radius 1 is 1.38 bits per heavy atom. The molecule has 1 aromatic rings. The average Bonchev–Trinajstić information content (AvgIpc) is 2.98. The molecule has 21 heavy (non-hydrogen) atoms. The van der Waals surface area contributed by atoms with Crippen LogP contribution in [0.3, 0.4) is 0 Å². The van der Waals surface area contributed by atoms with E-state index < -0.39 is 16.0 Å². The molecule has 1 fully saturated rings. The number of carbonyl (C=O) groups is 1. The highest BCUT2D eigenvalue weighted by Gasteiger charge is 2.38. The van der Waals surface area contributed by atoms with Crippen LogP contribution in [0.15, 0.2) is 9.72 Å². The summed E-state index contributed by atoms with van der Waals surface area (Å²) in [6.45, 7) is 5.17. The van der Waals surface area contributed by atoms with Gasteiger partial charge in [-0.3, -0.25) is 0 Å². The summed E-state index contributed by atoms with van der Waals surface area (Å²) >= 11 is 0.868. The summed E-state index contributed by atoms with van der Waals surface area (Å²) in [5.41, 5.74) is 1.11. The molecule has 1 aliphatic heterocycles. The van der Waals surface area contributed by atoms with Crippen LogP contribution in [0.1, 0.15) is 50.0 Å². The zero-order valence-corrected chi connectivity index (χ0v) is 13.8. The Bertz CT molecular complexity index is 610. The van der Waals surface area contributed by atoms with Crippen molar-refractivity contribution in [2.24, 2.45) is 5.41 Å². The minimum atomic E-state index is -3.75. The smallest absolute Gasteiger partial charge is 0.356 e. The van der Waals surface area contributed by atoms with Crippen molar-refractivity contribution < 1.29 is 18.3 Å². The van der Waals surface area contributed by atoms with E-state index in [0.29, 0.717) is 13.1 Å². The molecule has 0 aliphatic carbocycles. The van der Waals surface area contributed by atoms with E-state index in [1.165, 1.54) is 9.82 Å². The van der Waals surface area contributed by atoms with Crippen LogP contribution in [0.2, 0.25) is 0 Å². The standard InChI is InChI=1S/C13H20N2O4S2/c1-3-13(4-2)5-7-15(8-6-13)21(18,19)12-10(11(16)17)14-9-20-12/h9H,3-8H2,1-2H3,(H,16,17). The maximum Gasteiger partial charge on any atom is 0.356 e. The van der Waals surface area contributed by atoms with Gasteiger partial charge < -0.3 is 5.11 Å². The van der Waals surface area contributed by atoms with Crippen molar-refractivity contribution in [2.75, 3.05) is 13.1 Å². The molecule has 8 heteroatoms. The third-order valence-electron chi connectivity index (χ3n) is 4.59. The normalized spacial score (nSPS) is 19.5. The summed E-state index contributed by atoms with van der Waals surface area (Å²) in [7, 11) is -3.75. The second-order valence-electron chi connectivity index (χ2n) is 5.40. The number of rotatable bonds is 5. The molecular weight excluding hydrogens is 312 g/mol. The molecule has 0 radical (unpaired) electrons. The van der Waals surface area contributed by atoms with Gasteiger partial charge in [-0.05, 0) is 18.3 Å².